The number of nitrogens with zero attached hydrogens (tertiary/aromatic N) is 1. The van der Waals surface area contributed by atoms with E-state index in [2.05, 4.69) is 11.2 Å². The molecule has 6 nitrogen and oxygen atoms in total. The number of halogens is 2. The lowest BCUT2D eigenvalue weighted by Gasteiger charge is -2.27. The van der Waals surface area contributed by atoms with Crippen LogP contribution in [0.15, 0.2) is 42.0 Å². The number of terminal acetylenes is 1. The standard InChI is InChI=1S/C21H14Cl2N2O4/c1-3-9-29-18-8-7-14(22)10-13(18)11-15-19(26)24-21(28)25(20(15)27)17-6-4-5-16(23)12(17)2/h1,4-8,10-11H,9H2,2H3,(H,24,26,28)/b15-11+. The largest absolute Gasteiger partial charge is 0.480 e. The summed E-state index contributed by atoms with van der Waals surface area (Å²) < 4.78 is 5.44. The van der Waals surface area contributed by atoms with Crippen molar-refractivity contribution in [2.45, 2.75) is 6.92 Å². The summed E-state index contributed by atoms with van der Waals surface area (Å²) >= 11 is 12.1. The first-order valence-corrected chi connectivity index (χ1v) is 9.11. The molecular weight excluding hydrogens is 415 g/mol. The topological polar surface area (TPSA) is 75.7 Å². The van der Waals surface area contributed by atoms with E-state index in [1.165, 1.54) is 12.1 Å². The molecule has 3 rings (SSSR count). The van der Waals surface area contributed by atoms with Crippen LogP contribution in [0.1, 0.15) is 11.1 Å². The summed E-state index contributed by atoms with van der Waals surface area (Å²) in [4.78, 5) is 38.7. The van der Waals surface area contributed by atoms with Gasteiger partial charge in [-0.05, 0) is 48.9 Å². The van der Waals surface area contributed by atoms with Crippen molar-refractivity contribution in [2.75, 3.05) is 11.5 Å². The van der Waals surface area contributed by atoms with Crippen molar-refractivity contribution >= 4 is 52.8 Å². The Balaban J connectivity index is 2.08. The van der Waals surface area contributed by atoms with Crippen LogP contribution in [0.25, 0.3) is 6.08 Å². The van der Waals surface area contributed by atoms with Crippen molar-refractivity contribution in [1.82, 2.24) is 5.32 Å². The fraction of sp³-hybridized carbons (Fsp3) is 0.0952. The van der Waals surface area contributed by atoms with Gasteiger partial charge >= 0.3 is 6.03 Å². The molecule has 1 aliphatic heterocycles. The van der Waals surface area contributed by atoms with Gasteiger partial charge in [-0.15, -0.1) is 6.42 Å². The van der Waals surface area contributed by atoms with Gasteiger partial charge in [-0.2, -0.15) is 0 Å². The van der Waals surface area contributed by atoms with Gasteiger partial charge in [-0.1, -0.05) is 35.2 Å². The first-order valence-electron chi connectivity index (χ1n) is 8.36. The predicted molar refractivity (Wildman–Crippen MR) is 111 cm³/mol. The molecule has 146 valence electrons. The van der Waals surface area contributed by atoms with Gasteiger partial charge < -0.3 is 4.74 Å². The number of barbiturate groups is 1. The Morgan fingerprint density at radius 1 is 1.21 bits per heavy atom. The molecule has 0 radical (unpaired) electrons. The van der Waals surface area contributed by atoms with Crippen molar-refractivity contribution in [2.24, 2.45) is 0 Å². The molecule has 2 aromatic carbocycles. The van der Waals surface area contributed by atoms with Gasteiger partial charge in [0.1, 0.15) is 17.9 Å². The maximum atomic E-state index is 13.1. The van der Waals surface area contributed by atoms with E-state index in [0.29, 0.717) is 26.9 Å². The molecule has 0 aliphatic carbocycles. The molecule has 29 heavy (non-hydrogen) atoms. The van der Waals surface area contributed by atoms with Crippen LogP contribution in [0, 0.1) is 19.3 Å². The molecule has 8 heteroatoms. The van der Waals surface area contributed by atoms with Crippen molar-refractivity contribution < 1.29 is 19.1 Å². The number of benzene rings is 2. The summed E-state index contributed by atoms with van der Waals surface area (Å²) in [5, 5.41) is 2.91. The van der Waals surface area contributed by atoms with Crippen LogP contribution in [0.3, 0.4) is 0 Å². The smallest absolute Gasteiger partial charge is 0.335 e. The van der Waals surface area contributed by atoms with E-state index in [9.17, 15) is 14.4 Å². The minimum Gasteiger partial charge on any atom is -0.480 e. The van der Waals surface area contributed by atoms with Gasteiger partial charge in [0.15, 0.2) is 0 Å². The van der Waals surface area contributed by atoms with Gasteiger partial charge in [0, 0.05) is 15.6 Å². The number of anilines is 1. The lowest BCUT2D eigenvalue weighted by Crippen LogP contribution is -2.54. The van der Waals surface area contributed by atoms with E-state index in [0.717, 1.165) is 4.90 Å². The molecule has 1 saturated heterocycles. The number of rotatable bonds is 4. The number of carbonyl (C=O) groups is 3. The Morgan fingerprint density at radius 3 is 2.69 bits per heavy atom. The van der Waals surface area contributed by atoms with Crippen molar-refractivity contribution in [1.29, 1.82) is 0 Å². The number of nitrogens with one attached hydrogen (secondary N) is 1. The highest BCUT2D eigenvalue weighted by Crippen LogP contribution is 2.31. The molecule has 1 N–H and O–H groups in total. The maximum absolute atomic E-state index is 13.1. The minimum atomic E-state index is -0.864. The molecule has 1 heterocycles. The highest BCUT2D eigenvalue weighted by molar-refractivity contribution is 6.40. The first kappa shape index (κ1) is 20.5. The summed E-state index contributed by atoms with van der Waals surface area (Å²) in [6, 6.07) is 8.62. The zero-order chi connectivity index (χ0) is 21.1. The Hall–Kier alpha value is -3.27. The Morgan fingerprint density at radius 2 is 1.97 bits per heavy atom. The van der Waals surface area contributed by atoms with E-state index < -0.39 is 17.8 Å². The summed E-state index contributed by atoms with van der Waals surface area (Å²) in [5.74, 6) is 1.04. The lowest BCUT2D eigenvalue weighted by atomic mass is 10.0. The zero-order valence-corrected chi connectivity index (χ0v) is 16.7. The molecule has 0 unspecified atom stereocenters. The molecule has 0 aromatic heterocycles. The van der Waals surface area contributed by atoms with Crippen LogP contribution in [-0.2, 0) is 9.59 Å². The van der Waals surface area contributed by atoms with Crippen LogP contribution in [0.5, 0.6) is 5.75 Å². The summed E-state index contributed by atoms with van der Waals surface area (Å²) in [6.07, 6.45) is 6.52. The number of urea groups is 1. The molecule has 0 bridgehead atoms. The molecule has 1 aliphatic rings. The predicted octanol–water partition coefficient (Wildman–Crippen LogP) is 3.98. The molecular formula is C21H14Cl2N2O4. The number of amides is 4. The van der Waals surface area contributed by atoms with Crippen LogP contribution in [-0.4, -0.2) is 24.5 Å². The second kappa shape index (κ2) is 8.39. The molecule has 0 saturated carbocycles. The third-order valence-electron chi connectivity index (χ3n) is 4.16. The van der Waals surface area contributed by atoms with E-state index in [-0.39, 0.29) is 17.9 Å². The van der Waals surface area contributed by atoms with Crippen molar-refractivity contribution in [3.8, 4) is 18.1 Å². The third-order valence-corrected chi connectivity index (χ3v) is 4.81. The average molecular weight is 429 g/mol. The van der Waals surface area contributed by atoms with Crippen LogP contribution >= 0.6 is 23.2 Å². The van der Waals surface area contributed by atoms with E-state index in [4.69, 9.17) is 34.4 Å². The Kier molecular flexibility index (Phi) is 5.92. The first-order chi connectivity index (χ1) is 13.8. The van der Waals surface area contributed by atoms with Gasteiger partial charge in [0.25, 0.3) is 11.8 Å². The number of carbonyl (C=O) groups excluding carboxylic acids is 3. The molecule has 0 spiro atoms. The summed E-state index contributed by atoms with van der Waals surface area (Å²) in [6.45, 7) is 1.66. The highest BCUT2D eigenvalue weighted by atomic mass is 35.5. The second-order valence-corrected chi connectivity index (χ2v) is 6.86. The monoisotopic (exact) mass is 428 g/mol. The maximum Gasteiger partial charge on any atom is 0.335 e. The molecule has 4 amide bonds. The van der Waals surface area contributed by atoms with Crippen LogP contribution in [0.4, 0.5) is 10.5 Å². The SMILES string of the molecule is C#CCOc1ccc(Cl)cc1/C=C1\C(=O)NC(=O)N(c2cccc(Cl)c2C)C1=O. The number of hydrogen-bond donors (Lipinski definition) is 1. The van der Waals surface area contributed by atoms with Gasteiger partial charge in [-0.25, -0.2) is 9.69 Å². The fourth-order valence-corrected chi connectivity index (χ4v) is 3.10. The van der Waals surface area contributed by atoms with E-state index >= 15 is 0 Å². The summed E-state index contributed by atoms with van der Waals surface area (Å²) in [7, 11) is 0. The average Bonchev–Trinajstić information content (AvgIpc) is 2.67. The third kappa shape index (κ3) is 4.11. The zero-order valence-electron chi connectivity index (χ0n) is 15.2. The molecule has 1 fully saturated rings. The Bertz CT molecular complexity index is 1100. The number of imide groups is 2. The fourth-order valence-electron chi connectivity index (χ4n) is 2.75. The second-order valence-electron chi connectivity index (χ2n) is 6.02. The normalized spacial score (nSPS) is 15.3. The molecule has 0 atom stereocenters. The lowest BCUT2D eigenvalue weighted by molar-refractivity contribution is -0.122. The highest BCUT2D eigenvalue weighted by Gasteiger charge is 2.37. The van der Waals surface area contributed by atoms with E-state index in [1.807, 2.05) is 0 Å². The number of hydrogen-bond acceptors (Lipinski definition) is 4. The summed E-state index contributed by atoms with van der Waals surface area (Å²) in [5.41, 5.74) is 0.889. The van der Waals surface area contributed by atoms with Crippen LogP contribution in [0.2, 0.25) is 10.0 Å². The van der Waals surface area contributed by atoms with Gasteiger partial charge in [0.2, 0.25) is 0 Å². The van der Waals surface area contributed by atoms with E-state index in [1.54, 1.807) is 37.3 Å². The quantitative estimate of drug-likeness (QED) is 0.453. The molecule has 2 aromatic rings. The van der Waals surface area contributed by atoms with Crippen LogP contribution < -0.4 is 15.0 Å². The Labute approximate surface area is 177 Å². The van der Waals surface area contributed by atoms with Gasteiger partial charge in [-0.3, -0.25) is 14.9 Å². The van der Waals surface area contributed by atoms with Gasteiger partial charge in [0.05, 0.1) is 5.69 Å². The minimum absolute atomic E-state index is 0.00965. The van der Waals surface area contributed by atoms with Crippen molar-refractivity contribution in [3.05, 3.63) is 63.1 Å². The van der Waals surface area contributed by atoms with Crippen molar-refractivity contribution in [3.63, 3.8) is 0 Å². The number of ether oxygens (including phenoxy) is 1.